The molecule has 1 aliphatic carbocycles. The topological polar surface area (TPSA) is 64.7 Å². The van der Waals surface area contributed by atoms with Crippen LogP contribution in [-0.2, 0) is 4.79 Å². The largest absolute Gasteiger partial charge is 0.389 e. The number of fused-ring (bicyclic) bond motifs is 1. The van der Waals surface area contributed by atoms with Crippen LogP contribution in [-0.4, -0.2) is 54.1 Å². The minimum atomic E-state index is -4.29. The van der Waals surface area contributed by atoms with Crippen molar-refractivity contribution in [2.24, 2.45) is 11.3 Å². The minimum Gasteiger partial charge on any atom is -0.367 e. The van der Waals surface area contributed by atoms with Crippen molar-refractivity contribution in [3.05, 3.63) is 35.8 Å². The number of hydrogen-bond donors (Lipinski definition) is 2. The maximum absolute atomic E-state index is 12.4. The van der Waals surface area contributed by atoms with Crippen LogP contribution in [0.15, 0.2) is 35.8 Å². The monoisotopic (exact) mass is 410 g/mol. The van der Waals surface area contributed by atoms with E-state index in [1.807, 2.05) is 24.7 Å². The lowest BCUT2D eigenvalue weighted by Gasteiger charge is -2.33. The molecule has 1 atom stereocenters. The van der Waals surface area contributed by atoms with Gasteiger partial charge in [-0.3, -0.25) is 9.69 Å². The summed E-state index contributed by atoms with van der Waals surface area (Å²) in [6, 6.07) is -0.122. The summed E-state index contributed by atoms with van der Waals surface area (Å²) in [5.74, 6) is -0.0405. The zero-order chi connectivity index (χ0) is 20.6. The average Bonchev–Trinajstić information content (AvgIpc) is 3.16. The van der Waals surface area contributed by atoms with Crippen LogP contribution >= 0.6 is 0 Å². The van der Waals surface area contributed by atoms with E-state index in [-0.39, 0.29) is 11.4 Å². The molecular weight excluding hydrogens is 385 g/mol. The summed E-state index contributed by atoms with van der Waals surface area (Å²) < 4.78 is 36.9. The van der Waals surface area contributed by atoms with Crippen molar-refractivity contribution < 1.29 is 22.8 Å². The third-order valence-corrected chi connectivity index (χ3v) is 6.48. The predicted octanol–water partition coefficient (Wildman–Crippen LogP) is 2.87. The summed E-state index contributed by atoms with van der Waals surface area (Å²) in [6.07, 6.45) is 4.25. The highest BCUT2D eigenvalue weighted by atomic mass is 19.4. The second-order valence-electron chi connectivity index (χ2n) is 8.33. The highest BCUT2D eigenvalue weighted by Gasteiger charge is 2.54. The molecular formula is C20H25F3N4O2. The number of alkyl halides is 3. The van der Waals surface area contributed by atoms with E-state index in [0.717, 1.165) is 30.4 Å². The van der Waals surface area contributed by atoms with Gasteiger partial charge in [0.15, 0.2) is 0 Å². The average molecular weight is 410 g/mol. The molecule has 29 heavy (non-hydrogen) atoms. The Balaban J connectivity index is 1.19. The third kappa shape index (κ3) is 4.43. The Kier molecular flexibility index (Phi) is 5.08. The number of carbonyl (C=O) groups excluding carboxylic acids is 2. The van der Waals surface area contributed by atoms with E-state index in [9.17, 15) is 22.8 Å². The molecule has 0 aromatic rings. The fourth-order valence-electron chi connectivity index (χ4n) is 4.52. The maximum Gasteiger partial charge on any atom is 0.389 e. The molecule has 1 saturated carbocycles. The van der Waals surface area contributed by atoms with Gasteiger partial charge in [0, 0.05) is 44.7 Å². The van der Waals surface area contributed by atoms with E-state index in [1.54, 1.807) is 9.80 Å². The second kappa shape index (κ2) is 7.42. The number of likely N-dealkylation sites (tertiary alicyclic amines) is 1. The minimum absolute atomic E-state index is 0.122. The number of carbonyl (C=O) groups is 2. The van der Waals surface area contributed by atoms with Gasteiger partial charge in [-0.15, -0.1) is 0 Å². The molecule has 158 valence electrons. The van der Waals surface area contributed by atoms with Gasteiger partial charge in [0.2, 0.25) is 5.91 Å². The van der Waals surface area contributed by atoms with Gasteiger partial charge in [-0.2, -0.15) is 13.2 Å². The third-order valence-electron chi connectivity index (χ3n) is 6.48. The number of halogens is 3. The normalized spacial score (nSPS) is 24.6. The quantitative estimate of drug-likeness (QED) is 0.749. The van der Waals surface area contributed by atoms with E-state index in [2.05, 4.69) is 10.6 Å². The highest BCUT2D eigenvalue weighted by molar-refractivity contribution is 5.78. The number of allylic oxidation sites excluding steroid dienone is 1. The van der Waals surface area contributed by atoms with Crippen LogP contribution in [0.3, 0.4) is 0 Å². The summed E-state index contributed by atoms with van der Waals surface area (Å²) in [7, 11) is 0. The predicted molar refractivity (Wildman–Crippen MR) is 100 cm³/mol. The van der Waals surface area contributed by atoms with E-state index in [1.165, 1.54) is 0 Å². The van der Waals surface area contributed by atoms with Crippen molar-refractivity contribution in [1.29, 1.82) is 0 Å². The van der Waals surface area contributed by atoms with Crippen LogP contribution in [0.2, 0.25) is 0 Å². The standard InChI is InChI=1S/C20H25F3N4O2/c21-20(22,23)3-1-17(28)26-7-4-19(5-8-26)9-16(19)11-25-18(29)27-12-14-2-6-24-10-15(14)13-27/h2,6,10,12,16,24H,1,3-5,7-9,11,13H2,(H,25,29). The van der Waals surface area contributed by atoms with Crippen molar-refractivity contribution in [2.45, 2.75) is 38.3 Å². The lowest BCUT2D eigenvalue weighted by atomic mass is 9.90. The molecule has 0 bridgehead atoms. The van der Waals surface area contributed by atoms with Crippen molar-refractivity contribution in [3.8, 4) is 0 Å². The Morgan fingerprint density at radius 3 is 2.72 bits per heavy atom. The zero-order valence-corrected chi connectivity index (χ0v) is 16.1. The van der Waals surface area contributed by atoms with Gasteiger partial charge in [0.05, 0.1) is 13.0 Å². The molecule has 4 rings (SSSR count). The Bertz CT molecular complexity index is 779. The van der Waals surface area contributed by atoms with Crippen molar-refractivity contribution in [1.82, 2.24) is 20.4 Å². The molecule has 3 amide bonds. The molecule has 4 aliphatic rings. The van der Waals surface area contributed by atoms with Gasteiger partial charge in [-0.05, 0) is 47.8 Å². The molecule has 3 heterocycles. The molecule has 0 radical (unpaired) electrons. The first-order valence-corrected chi connectivity index (χ1v) is 9.99. The number of nitrogens with zero attached hydrogens (tertiary/aromatic N) is 2. The first kappa shape index (κ1) is 19.8. The summed E-state index contributed by atoms with van der Waals surface area (Å²) in [5, 5.41) is 6.02. The summed E-state index contributed by atoms with van der Waals surface area (Å²) >= 11 is 0. The molecule has 1 spiro atoms. The number of nitrogens with one attached hydrogen (secondary N) is 2. The van der Waals surface area contributed by atoms with Crippen molar-refractivity contribution in [3.63, 3.8) is 0 Å². The number of rotatable bonds is 4. The van der Waals surface area contributed by atoms with Crippen LogP contribution in [0.1, 0.15) is 32.1 Å². The number of hydrogen-bond acceptors (Lipinski definition) is 3. The fraction of sp³-hybridized carbons (Fsp3) is 0.600. The number of piperidine rings is 1. The first-order valence-electron chi connectivity index (χ1n) is 9.99. The van der Waals surface area contributed by atoms with E-state index < -0.39 is 24.9 Å². The highest BCUT2D eigenvalue weighted by Crippen LogP contribution is 2.59. The molecule has 1 saturated heterocycles. The Morgan fingerprint density at radius 1 is 1.28 bits per heavy atom. The molecule has 2 N–H and O–H groups in total. The van der Waals surface area contributed by atoms with Crippen LogP contribution in [0.25, 0.3) is 0 Å². The summed E-state index contributed by atoms with van der Waals surface area (Å²) in [5.41, 5.74) is 2.23. The van der Waals surface area contributed by atoms with Gasteiger partial charge in [0.1, 0.15) is 0 Å². The number of urea groups is 1. The van der Waals surface area contributed by atoms with Gasteiger partial charge >= 0.3 is 12.2 Å². The maximum atomic E-state index is 12.4. The number of amides is 3. The van der Waals surface area contributed by atoms with Crippen molar-refractivity contribution >= 4 is 11.9 Å². The van der Waals surface area contributed by atoms with Gasteiger partial charge in [-0.25, -0.2) is 4.79 Å². The second-order valence-corrected chi connectivity index (χ2v) is 8.33. The van der Waals surface area contributed by atoms with E-state index in [0.29, 0.717) is 32.1 Å². The Hall–Kier alpha value is -2.45. The molecule has 0 aromatic heterocycles. The molecule has 1 unspecified atom stereocenters. The fourth-order valence-corrected chi connectivity index (χ4v) is 4.52. The molecule has 3 aliphatic heterocycles. The lowest BCUT2D eigenvalue weighted by Crippen LogP contribution is -2.41. The first-order chi connectivity index (χ1) is 13.8. The van der Waals surface area contributed by atoms with Gasteiger partial charge < -0.3 is 15.5 Å². The van der Waals surface area contributed by atoms with Crippen molar-refractivity contribution in [2.75, 3.05) is 26.2 Å². The van der Waals surface area contributed by atoms with Gasteiger partial charge in [-0.1, -0.05) is 0 Å². The number of dihydropyridines is 1. The van der Waals surface area contributed by atoms with E-state index >= 15 is 0 Å². The lowest BCUT2D eigenvalue weighted by molar-refractivity contribution is -0.150. The Morgan fingerprint density at radius 2 is 2.03 bits per heavy atom. The van der Waals surface area contributed by atoms with E-state index in [4.69, 9.17) is 0 Å². The summed E-state index contributed by atoms with van der Waals surface area (Å²) in [4.78, 5) is 27.6. The smallest absolute Gasteiger partial charge is 0.367 e. The van der Waals surface area contributed by atoms with Gasteiger partial charge in [0.25, 0.3) is 0 Å². The zero-order valence-electron chi connectivity index (χ0n) is 16.1. The van der Waals surface area contributed by atoms with Crippen LogP contribution < -0.4 is 10.6 Å². The molecule has 9 heteroatoms. The van der Waals surface area contributed by atoms with Crippen LogP contribution in [0.4, 0.5) is 18.0 Å². The van der Waals surface area contributed by atoms with Crippen LogP contribution in [0.5, 0.6) is 0 Å². The SMILES string of the molecule is O=C(NCC1CC12CCN(C(=O)CCC(F)(F)F)CC2)N1C=C2C=CNC=C2C1. The molecule has 0 aromatic carbocycles. The molecule has 6 nitrogen and oxygen atoms in total. The van der Waals surface area contributed by atoms with Crippen LogP contribution in [0, 0.1) is 11.3 Å². The molecule has 2 fully saturated rings. The Labute approximate surface area is 167 Å². The summed E-state index contributed by atoms with van der Waals surface area (Å²) in [6.45, 7) is 2.15.